The molecule has 16 heavy (non-hydrogen) atoms. The van der Waals surface area contributed by atoms with Crippen LogP contribution in [-0.2, 0) is 4.74 Å². The van der Waals surface area contributed by atoms with Gasteiger partial charge in [0.15, 0.2) is 0 Å². The van der Waals surface area contributed by atoms with E-state index < -0.39 is 17.4 Å². The largest absolute Gasteiger partial charge is 0.444 e. The Morgan fingerprint density at radius 2 is 2.12 bits per heavy atom. The van der Waals surface area contributed by atoms with E-state index in [4.69, 9.17) is 4.74 Å². The first-order valence-electron chi connectivity index (χ1n) is 5.57. The molecule has 1 amide bonds. The molecule has 1 rings (SSSR count). The molecule has 1 aliphatic heterocycles. The van der Waals surface area contributed by atoms with Gasteiger partial charge in [-0.15, -0.1) is 0 Å². The highest BCUT2D eigenvalue weighted by atomic mass is 19.1. The molecule has 1 aliphatic rings. The van der Waals surface area contributed by atoms with Crippen molar-refractivity contribution in [2.45, 2.75) is 39.0 Å². The summed E-state index contributed by atoms with van der Waals surface area (Å²) in [6.45, 7) is 8.32. The van der Waals surface area contributed by atoms with Gasteiger partial charge in [-0.1, -0.05) is 0 Å². The Hall–Kier alpha value is -0.840. The van der Waals surface area contributed by atoms with Gasteiger partial charge < -0.3 is 15.0 Å². The van der Waals surface area contributed by atoms with E-state index in [9.17, 15) is 9.18 Å². The molecule has 1 heterocycles. The first kappa shape index (κ1) is 13.2. The molecule has 5 heteroatoms. The normalized spacial score (nSPS) is 27.4. The van der Waals surface area contributed by atoms with E-state index in [2.05, 4.69) is 5.32 Å². The molecule has 1 atom stereocenters. The Morgan fingerprint density at radius 3 is 2.69 bits per heavy atom. The summed E-state index contributed by atoms with van der Waals surface area (Å²) in [7, 11) is 0. The Morgan fingerprint density at radius 1 is 1.50 bits per heavy atom. The smallest absolute Gasteiger partial charge is 0.410 e. The summed E-state index contributed by atoms with van der Waals surface area (Å²) in [5, 5.41) is 2.96. The summed E-state index contributed by atoms with van der Waals surface area (Å²) in [5.74, 6) is 0. The number of alkyl halides is 1. The topological polar surface area (TPSA) is 41.6 Å². The molecular weight excluding hydrogens is 211 g/mol. The van der Waals surface area contributed by atoms with Crippen LogP contribution in [0.4, 0.5) is 9.18 Å². The Balaban J connectivity index is 2.61. The number of amides is 1. The predicted octanol–water partition coefficient (Wildman–Crippen LogP) is 1.55. The zero-order valence-electron chi connectivity index (χ0n) is 10.5. The van der Waals surface area contributed by atoms with Gasteiger partial charge in [0.25, 0.3) is 0 Å². The molecule has 0 spiro atoms. The third kappa shape index (κ3) is 4.35. The van der Waals surface area contributed by atoms with Crippen LogP contribution in [0, 0.1) is 0 Å². The van der Waals surface area contributed by atoms with Crippen LogP contribution >= 0.6 is 0 Å². The van der Waals surface area contributed by atoms with Gasteiger partial charge in [-0.2, -0.15) is 0 Å². The Bertz CT molecular complexity index is 261. The minimum Gasteiger partial charge on any atom is -0.444 e. The van der Waals surface area contributed by atoms with Crippen molar-refractivity contribution in [2.75, 3.05) is 26.2 Å². The predicted molar refractivity (Wildman–Crippen MR) is 60.2 cm³/mol. The van der Waals surface area contributed by atoms with Crippen LogP contribution in [0.5, 0.6) is 0 Å². The van der Waals surface area contributed by atoms with Gasteiger partial charge in [-0.05, 0) is 27.7 Å². The molecule has 0 aromatic rings. The highest BCUT2D eigenvalue weighted by Gasteiger charge is 2.33. The lowest BCUT2D eigenvalue weighted by Crippen LogP contribution is -2.44. The highest BCUT2D eigenvalue weighted by Crippen LogP contribution is 2.16. The number of nitrogens with zero attached hydrogens (tertiary/aromatic N) is 1. The molecule has 0 unspecified atom stereocenters. The number of hydrogen-bond donors (Lipinski definition) is 1. The molecule has 0 radical (unpaired) electrons. The fourth-order valence-corrected chi connectivity index (χ4v) is 1.58. The number of halogens is 1. The quantitative estimate of drug-likeness (QED) is 0.689. The molecular formula is C11H21FN2O2. The first-order valence-corrected chi connectivity index (χ1v) is 5.57. The van der Waals surface area contributed by atoms with E-state index in [1.165, 1.54) is 11.8 Å². The van der Waals surface area contributed by atoms with Crippen molar-refractivity contribution in [1.82, 2.24) is 10.2 Å². The van der Waals surface area contributed by atoms with Gasteiger partial charge in [-0.25, -0.2) is 9.18 Å². The van der Waals surface area contributed by atoms with Gasteiger partial charge in [-0.3, -0.25) is 0 Å². The summed E-state index contributed by atoms with van der Waals surface area (Å²) in [6, 6.07) is 0. The zero-order chi connectivity index (χ0) is 12.4. The number of rotatable bonds is 0. The number of ether oxygens (including phenoxy) is 1. The van der Waals surface area contributed by atoms with E-state index in [0.717, 1.165) is 0 Å². The van der Waals surface area contributed by atoms with E-state index in [0.29, 0.717) is 13.1 Å². The van der Waals surface area contributed by atoms with Crippen LogP contribution in [0.3, 0.4) is 0 Å². The third-order valence-corrected chi connectivity index (χ3v) is 2.22. The minimum atomic E-state index is -1.40. The van der Waals surface area contributed by atoms with Crippen molar-refractivity contribution in [3.05, 3.63) is 0 Å². The van der Waals surface area contributed by atoms with E-state index in [1.807, 2.05) is 0 Å². The highest BCUT2D eigenvalue weighted by molar-refractivity contribution is 5.68. The number of hydrogen-bond acceptors (Lipinski definition) is 3. The lowest BCUT2D eigenvalue weighted by molar-refractivity contribution is 0.0168. The monoisotopic (exact) mass is 232 g/mol. The fourth-order valence-electron chi connectivity index (χ4n) is 1.58. The molecule has 0 aliphatic carbocycles. The van der Waals surface area contributed by atoms with Gasteiger partial charge >= 0.3 is 6.09 Å². The van der Waals surface area contributed by atoms with Crippen molar-refractivity contribution < 1.29 is 13.9 Å². The van der Waals surface area contributed by atoms with Gasteiger partial charge in [0.2, 0.25) is 0 Å². The van der Waals surface area contributed by atoms with E-state index >= 15 is 0 Å². The number of carbonyl (C=O) groups is 1. The standard InChI is InChI=1S/C11H21FN2O2/c1-10(2,3)16-9(15)14-6-5-13-7-11(4,12)8-14/h13H,5-8H2,1-4H3/t11-/m0/s1. The lowest BCUT2D eigenvalue weighted by Gasteiger charge is -2.29. The van der Waals surface area contributed by atoms with Crippen molar-refractivity contribution >= 4 is 6.09 Å². The summed E-state index contributed by atoms with van der Waals surface area (Å²) >= 11 is 0. The molecule has 4 nitrogen and oxygen atoms in total. The van der Waals surface area contributed by atoms with E-state index in [1.54, 1.807) is 20.8 Å². The summed E-state index contributed by atoms with van der Waals surface area (Å²) in [5.41, 5.74) is -1.93. The van der Waals surface area contributed by atoms with Crippen molar-refractivity contribution in [3.8, 4) is 0 Å². The first-order chi connectivity index (χ1) is 7.20. The summed E-state index contributed by atoms with van der Waals surface area (Å²) < 4.78 is 19.1. The molecule has 0 aromatic heterocycles. The van der Waals surface area contributed by atoms with Crippen LogP contribution in [-0.4, -0.2) is 48.4 Å². The molecule has 1 saturated heterocycles. The second kappa shape index (κ2) is 4.57. The maximum Gasteiger partial charge on any atom is 0.410 e. The second-order valence-electron chi connectivity index (χ2n) is 5.49. The minimum absolute atomic E-state index is 0.0783. The average molecular weight is 232 g/mol. The SMILES string of the molecule is CC(C)(C)OC(=O)N1CCNC[C@](C)(F)C1. The van der Waals surface area contributed by atoms with Gasteiger partial charge in [0.05, 0.1) is 6.54 Å². The molecule has 0 bridgehead atoms. The maximum absolute atomic E-state index is 13.9. The van der Waals surface area contributed by atoms with Crippen LogP contribution in [0.1, 0.15) is 27.7 Å². The third-order valence-electron chi connectivity index (χ3n) is 2.22. The number of nitrogens with one attached hydrogen (secondary N) is 1. The van der Waals surface area contributed by atoms with Crippen LogP contribution in [0.15, 0.2) is 0 Å². The van der Waals surface area contributed by atoms with Crippen LogP contribution < -0.4 is 5.32 Å². The number of carbonyl (C=O) groups excluding carboxylic acids is 1. The zero-order valence-corrected chi connectivity index (χ0v) is 10.5. The van der Waals surface area contributed by atoms with Crippen molar-refractivity contribution in [3.63, 3.8) is 0 Å². The van der Waals surface area contributed by atoms with Gasteiger partial charge in [0, 0.05) is 19.6 Å². The fraction of sp³-hybridized carbons (Fsp3) is 0.909. The van der Waals surface area contributed by atoms with Crippen LogP contribution in [0.2, 0.25) is 0 Å². The molecule has 0 saturated carbocycles. The second-order valence-corrected chi connectivity index (χ2v) is 5.49. The average Bonchev–Trinajstić information content (AvgIpc) is 2.23. The Labute approximate surface area is 96.1 Å². The molecule has 94 valence electrons. The summed E-state index contributed by atoms with van der Waals surface area (Å²) in [4.78, 5) is 13.2. The summed E-state index contributed by atoms with van der Waals surface area (Å²) in [6.07, 6.45) is -0.444. The lowest BCUT2D eigenvalue weighted by atomic mass is 10.1. The molecule has 0 aromatic carbocycles. The van der Waals surface area contributed by atoms with Crippen molar-refractivity contribution in [2.24, 2.45) is 0 Å². The van der Waals surface area contributed by atoms with Crippen molar-refractivity contribution in [1.29, 1.82) is 0 Å². The Kier molecular flexibility index (Phi) is 3.78. The molecule has 1 N–H and O–H groups in total. The van der Waals surface area contributed by atoms with E-state index in [-0.39, 0.29) is 13.1 Å². The van der Waals surface area contributed by atoms with Crippen LogP contribution in [0.25, 0.3) is 0 Å². The van der Waals surface area contributed by atoms with Gasteiger partial charge in [0.1, 0.15) is 11.3 Å². The maximum atomic E-state index is 13.9. The molecule has 1 fully saturated rings.